The third kappa shape index (κ3) is 5.77. The molecular formula is C33H39N3O5S. The van der Waals surface area contributed by atoms with Crippen LogP contribution in [0.2, 0.25) is 0 Å². The van der Waals surface area contributed by atoms with E-state index < -0.39 is 5.97 Å². The van der Waals surface area contributed by atoms with Crippen LogP contribution in [0.3, 0.4) is 0 Å². The van der Waals surface area contributed by atoms with Crippen LogP contribution in [0.1, 0.15) is 52.7 Å². The van der Waals surface area contributed by atoms with E-state index in [9.17, 15) is 14.7 Å². The van der Waals surface area contributed by atoms with Gasteiger partial charge in [-0.25, -0.2) is 4.98 Å². The van der Waals surface area contributed by atoms with Crippen LogP contribution in [0.25, 0.3) is 11.3 Å². The van der Waals surface area contributed by atoms with Crippen LogP contribution in [0.4, 0.5) is 5.13 Å². The van der Waals surface area contributed by atoms with E-state index in [0.29, 0.717) is 12.2 Å². The number of aryl methyl sites for hydroxylation is 2. The number of benzene rings is 2. The van der Waals surface area contributed by atoms with E-state index in [0.717, 1.165) is 90.7 Å². The highest BCUT2D eigenvalue weighted by atomic mass is 32.1. The number of aliphatic carboxylic acids is 1. The van der Waals surface area contributed by atoms with Gasteiger partial charge < -0.3 is 24.4 Å². The number of rotatable bonds is 8. The maximum absolute atomic E-state index is 13.1. The molecule has 2 aromatic carbocycles. The molecule has 3 fully saturated rings. The average molecular weight is 590 g/mol. The first kappa shape index (κ1) is 28.7. The second kappa shape index (κ2) is 12.1. The smallest absolute Gasteiger partial charge is 0.307 e. The molecule has 1 N–H and O–H groups in total. The number of fused-ring (bicyclic) bond motifs is 2. The van der Waals surface area contributed by atoms with Gasteiger partial charge in [-0.3, -0.25) is 9.59 Å². The summed E-state index contributed by atoms with van der Waals surface area (Å²) in [6.45, 7) is 7.41. The van der Waals surface area contributed by atoms with E-state index >= 15 is 0 Å². The van der Waals surface area contributed by atoms with Crippen molar-refractivity contribution in [2.24, 2.45) is 17.8 Å². The lowest BCUT2D eigenvalue weighted by molar-refractivity contribution is -0.144. The monoisotopic (exact) mass is 589 g/mol. The highest BCUT2D eigenvalue weighted by molar-refractivity contribution is 7.14. The van der Waals surface area contributed by atoms with E-state index in [4.69, 9.17) is 14.5 Å². The zero-order chi connectivity index (χ0) is 29.4. The van der Waals surface area contributed by atoms with Gasteiger partial charge in [0.2, 0.25) is 0 Å². The molecule has 9 heteroatoms. The molecule has 2 aliphatic heterocycles. The molecule has 0 spiro atoms. The number of amides is 1. The van der Waals surface area contributed by atoms with E-state index in [1.54, 1.807) is 18.4 Å². The van der Waals surface area contributed by atoms with Crippen LogP contribution in [-0.4, -0.2) is 66.3 Å². The Morgan fingerprint density at radius 2 is 1.76 bits per heavy atom. The van der Waals surface area contributed by atoms with Gasteiger partial charge in [-0.05, 0) is 86.8 Å². The molecule has 2 bridgehead atoms. The van der Waals surface area contributed by atoms with E-state index in [1.807, 2.05) is 42.2 Å². The van der Waals surface area contributed by atoms with Gasteiger partial charge in [0.1, 0.15) is 12.4 Å². The molecule has 1 aliphatic carbocycles. The minimum Gasteiger partial charge on any atom is -0.488 e. The van der Waals surface area contributed by atoms with E-state index in [-0.39, 0.29) is 29.8 Å². The zero-order valence-electron chi connectivity index (χ0n) is 24.5. The Labute approximate surface area is 251 Å². The normalized spacial score (nSPS) is 22.4. The van der Waals surface area contributed by atoms with Crippen molar-refractivity contribution >= 4 is 28.3 Å². The molecular weight excluding hydrogens is 550 g/mol. The molecule has 1 amide bonds. The van der Waals surface area contributed by atoms with Crippen molar-refractivity contribution in [1.82, 2.24) is 9.88 Å². The van der Waals surface area contributed by atoms with E-state index in [1.165, 1.54) is 0 Å². The van der Waals surface area contributed by atoms with Crippen molar-refractivity contribution < 1.29 is 24.2 Å². The SMILES string of the molecule is COC1CCN(C(=O)c2ccc(COc3ccc(C)cc3-c3csc(N4C[C@H]5CC[C@@H](C4)[C@H]5C(=O)O)n3)c(C)c2)CC1. The van der Waals surface area contributed by atoms with Gasteiger partial charge >= 0.3 is 5.97 Å². The second-order valence-electron chi connectivity index (χ2n) is 12.0. The summed E-state index contributed by atoms with van der Waals surface area (Å²) < 4.78 is 11.8. The van der Waals surface area contributed by atoms with Crippen LogP contribution in [-0.2, 0) is 16.1 Å². The lowest BCUT2D eigenvalue weighted by atomic mass is 9.85. The summed E-state index contributed by atoms with van der Waals surface area (Å²) in [7, 11) is 1.73. The zero-order valence-corrected chi connectivity index (χ0v) is 25.4. The number of carboxylic acids is 1. The number of nitrogens with zero attached hydrogens (tertiary/aromatic N) is 3. The van der Waals surface area contributed by atoms with Crippen molar-refractivity contribution in [3.63, 3.8) is 0 Å². The summed E-state index contributed by atoms with van der Waals surface area (Å²) in [4.78, 5) is 34.0. The summed E-state index contributed by atoms with van der Waals surface area (Å²) in [5, 5.41) is 12.7. The van der Waals surface area contributed by atoms with Crippen LogP contribution in [0.5, 0.6) is 5.75 Å². The summed E-state index contributed by atoms with van der Waals surface area (Å²) in [5.41, 5.74) is 5.71. The average Bonchev–Trinajstić information content (AvgIpc) is 3.59. The largest absolute Gasteiger partial charge is 0.488 e. The molecule has 6 rings (SSSR count). The molecule has 42 heavy (non-hydrogen) atoms. The Morgan fingerprint density at radius 1 is 1.02 bits per heavy atom. The number of likely N-dealkylation sites (tertiary alicyclic amines) is 1. The standard InChI is InChI=1S/C33H39N3O5S/c1-20-4-9-29(41-18-25-8-5-22(15-21(25)2)31(37)35-12-10-26(40-3)11-13-35)27(14-20)28-19-42-33(34-28)36-16-23-6-7-24(17-36)30(23)32(38)39/h4-5,8-9,14-15,19,23-24,26,30H,6-7,10-13,16-18H2,1-3H3,(H,38,39)/t23-,24+,30+. The maximum atomic E-state index is 13.1. The van der Waals surface area contributed by atoms with Gasteiger partial charge in [0.15, 0.2) is 5.13 Å². The predicted octanol–water partition coefficient (Wildman–Crippen LogP) is 5.80. The minimum atomic E-state index is -0.650. The topological polar surface area (TPSA) is 92.2 Å². The second-order valence-corrected chi connectivity index (χ2v) is 12.9. The lowest BCUT2D eigenvalue weighted by Gasteiger charge is -2.35. The molecule has 3 atom stereocenters. The summed E-state index contributed by atoms with van der Waals surface area (Å²) in [5.74, 6) is 0.353. The Balaban J connectivity index is 1.14. The highest BCUT2D eigenvalue weighted by Crippen LogP contribution is 2.44. The number of methoxy groups -OCH3 is 1. The van der Waals surface area contributed by atoms with Crippen molar-refractivity contribution in [2.75, 3.05) is 38.2 Å². The highest BCUT2D eigenvalue weighted by Gasteiger charge is 2.46. The molecule has 222 valence electrons. The first-order valence-corrected chi connectivity index (χ1v) is 15.8. The van der Waals surface area contributed by atoms with Crippen LogP contribution in [0, 0.1) is 31.6 Å². The van der Waals surface area contributed by atoms with Gasteiger partial charge in [0.25, 0.3) is 5.91 Å². The number of piperidine rings is 2. The Hall–Kier alpha value is -3.43. The quantitative estimate of drug-likeness (QED) is 0.355. The molecule has 1 aromatic heterocycles. The Morgan fingerprint density at radius 3 is 2.43 bits per heavy atom. The van der Waals surface area contributed by atoms with Gasteiger partial charge in [-0.2, -0.15) is 0 Å². The maximum Gasteiger partial charge on any atom is 0.307 e. The number of anilines is 1. The first-order chi connectivity index (χ1) is 20.3. The van der Waals surface area contributed by atoms with Gasteiger partial charge in [0, 0.05) is 49.8 Å². The van der Waals surface area contributed by atoms with Crippen molar-refractivity contribution in [1.29, 1.82) is 0 Å². The number of carbonyl (C=O) groups excluding carboxylic acids is 1. The molecule has 8 nitrogen and oxygen atoms in total. The number of hydrogen-bond donors (Lipinski definition) is 1. The van der Waals surface area contributed by atoms with Gasteiger partial charge in [-0.1, -0.05) is 17.7 Å². The molecule has 2 saturated heterocycles. The van der Waals surface area contributed by atoms with Gasteiger partial charge in [-0.15, -0.1) is 11.3 Å². The fourth-order valence-corrected chi connectivity index (χ4v) is 7.75. The number of aromatic nitrogens is 1. The van der Waals surface area contributed by atoms with Crippen LogP contribution < -0.4 is 9.64 Å². The molecule has 1 saturated carbocycles. The fraction of sp³-hybridized carbons (Fsp3) is 0.485. The molecule has 3 aromatic rings. The Kier molecular flexibility index (Phi) is 8.23. The number of hydrogen-bond acceptors (Lipinski definition) is 7. The summed E-state index contributed by atoms with van der Waals surface area (Å²) >= 11 is 1.61. The van der Waals surface area contributed by atoms with Crippen molar-refractivity contribution in [2.45, 2.75) is 52.2 Å². The molecule has 0 unspecified atom stereocenters. The first-order valence-electron chi connectivity index (χ1n) is 14.9. The fourth-order valence-electron chi connectivity index (χ4n) is 6.91. The third-order valence-corrected chi connectivity index (χ3v) is 10.2. The molecule has 3 heterocycles. The van der Waals surface area contributed by atoms with Crippen LogP contribution >= 0.6 is 11.3 Å². The lowest BCUT2D eigenvalue weighted by Crippen LogP contribution is -2.44. The number of carbonyl (C=O) groups is 2. The number of ether oxygens (including phenoxy) is 2. The molecule has 3 aliphatic rings. The number of carboxylic acid groups (broad SMARTS) is 1. The minimum absolute atomic E-state index is 0.0699. The number of thiazole rings is 1. The van der Waals surface area contributed by atoms with E-state index in [2.05, 4.69) is 23.3 Å². The Bertz CT molecular complexity index is 1450. The molecule has 0 radical (unpaired) electrons. The predicted molar refractivity (Wildman–Crippen MR) is 163 cm³/mol. The third-order valence-electron chi connectivity index (χ3n) is 9.33. The summed E-state index contributed by atoms with van der Waals surface area (Å²) in [6.07, 6.45) is 3.94. The van der Waals surface area contributed by atoms with Crippen molar-refractivity contribution in [3.05, 3.63) is 64.0 Å². The van der Waals surface area contributed by atoms with Gasteiger partial charge in [0.05, 0.1) is 17.7 Å². The summed E-state index contributed by atoms with van der Waals surface area (Å²) in [6, 6.07) is 12.0. The van der Waals surface area contributed by atoms with Crippen LogP contribution in [0.15, 0.2) is 41.8 Å². The van der Waals surface area contributed by atoms with Crippen molar-refractivity contribution in [3.8, 4) is 17.0 Å².